The van der Waals surface area contributed by atoms with Crippen LogP contribution < -0.4 is 19.6 Å². The van der Waals surface area contributed by atoms with Crippen molar-refractivity contribution < 1.29 is 19.0 Å². The van der Waals surface area contributed by atoms with Crippen LogP contribution in [-0.2, 0) is 4.79 Å². The van der Waals surface area contributed by atoms with Gasteiger partial charge in [-0.05, 0) is 44.2 Å². The van der Waals surface area contributed by atoms with E-state index < -0.39 is 6.10 Å². The molecule has 0 saturated carbocycles. The fourth-order valence-corrected chi connectivity index (χ4v) is 2.71. The highest BCUT2D eigenvalue weighted by Gasteiger charge is 2.16. The lowest BCUT2D eigenvalue weighted by Gasteiger charge is -2.14. The lowest BCUT2D eigenvalue weighted by atomic mass is 10.2. The molecule has 0 unspecified atom stereocenters. The molecule has 29 heavy (non-hydrogen) atoms. The van der Waals surface area contributed by atoms with Gasteiger partial charge in [0.05, 0.1) is 19.9 Å². The van der Waals surface area contributed by atoms with Crippen LogP contribution >= 0.6 is 0 Å². The molecule has 1 atom stereocenters. The van der Waals surface area contributed by atoms with E-state index in [9.17, 15) is 4.79 Å². The standard InChI is InChI=1S/C22H23N3O4/c1-4-28-19-11-10-18(27-3)13-17(19)14-24-25-22(26)15(2)29-20-9-5-7-16-8-6-12-23-21(16)20/h5-15H,4H2,1-3H3,(H,25,26)/b24-14-/t15-/m1/s1. The Hall–Kier alpha value is -3.61. The molecule has 1 amide bonds. The number of pyridine rings is 1. The number of aromatic nitrogens is 1. The molecule has 150 valence electrons. The van der Waals surface area contributed by atoms with Crippen LogP contribution in [0.1, 0.15) is 19.4 Å². The van der Waals surface area contributed by atoms with E-state index in [1.165, 1.54) is 6.21 Å². The third kappa shape index (κ3) is 5.01. The smallest absolute Gasteiger partial charge is 0.280 e. The fourth-order valence-electron chi connectivity index (χ4n) is 2.71. The normalized spacial score (nSPS) is 12.0. The molecular weight excluding hydrogens is 370 g/mol. The highest BCUT2D eigenvalue weighted by Crippen LogP contribution is 2.24. The van der Waals surface area contributed by atoms with Crippen molar-refractivity contribution in [2.75, 3.05) is 13.7 Å². The Morgan fingerprint density at radius 3 is 2.83 bits per heavy atom. The predicted octanol–water partition coefficient (Wildman–Crippen LogP) is 3.56. The number of hydrogen-bond acceptors (Lipinski definition) is 6. The van der Waals surface area contributed by atoms with Crippen LogP contribution in [0.15, 0.2) is 59.8 Å². The number of ether oxygens (including phenoxy) is 3. The highest BCUT2D eigenvalue weighted by atomic mass is 16.5. The second kappa shape index (κ2) is 9.54. The molecule has 7 nitrogen and oxygen atoms in total. The van der Waals surface area contributed by atoms with E-state index in [0.29, 0.717) is 34.9 Å². The Morgan fingerprint density at radius 1 is 1.21 bits per heavy atom. The maximum Gasteiger partial charge on any atom is 0.280 e. The number of hydrazone groups is 1. The van der Waals surface area contributed by atoms with Gasteiger partial charge >= 0.3 is 0 Å². The van der Waals surface area contributed by atoms with Crippen molar-refractivity contribution in [3.8, 4) is 17.2 Å². The van der Waals surface area contributed by atoms with Crippen molar-refractivity contribution >= 4 is 23.0 Å². The Labute approximate surface area is 169 Å². The number of amides is 1. The van der Waals surface area contributed by atoms with Gasteiger partial charge in [-0.1, -0.05) is 18.2 Å². The first-order chi connectivity index (χ1) is 14.1. The molecule has 0 saturated heterocycles. The Kier molecular flexibility index (Phi) is 6.63. The zero-order valence-corrected chi connectivity index (χ0v) is 16.6. The molecule has 0 aliphatic heterocycles. The quantitative estimate of drug-likeness (QED) is 0.467. The van der Waals surface area contributed by atoms with Crippen LogP contribution in [0.25, 0.3) is 10.9 Å². The van der Waals surface area contributed by atoms with Crippen LogP contribution in [0.3, 0.4) is 0 Å². The minimum Gasteiger partial charge on any atom is -0.497 e. The summed E-state index contributed by atoms with van der Waals surface area (Å²) in [7, 11) is 1.58. The van der Waals surface area contributed by atoms with Gasteiger partial charge in [0.1, 0.15) is 22.8 Å². The molecule has 0 fully saturated rings. The van der Waals surface area contributed by atoms with Crippen molar-refractivity contribution in [3.05, 3.63) is 60.3 Å². The first kappa shape index (κ1) is 20.1. The number of nitrogens with one attached hydrogen (secondary N) is 1. The number of hydrogen-bond donors (Lipinski definition) is 1. The van der Waals surface area contributed by atoms with Gasteiger partial charge in [0.25, 0.3) is 5.91 Å². The second-order valence-electron chi connectivity index (χ2n) is 6.16. The van der Waals surface area contributed by atoms with E-state index >= 15 is 0 Å². The summed E-state index contributed by atoms with van der Waals surface area (Å²) in [6.45, 7) is 4.07. The minimum absolute atomic E-state index is 0.380. The van der Waals surface area contributed by atoms with Crippen molar-refractivity contribution in [1.29, 1.82) is 0 Å². The van der Waals surface area contributed by atoms with E-state index in [-0.39, 0.29) is 5.91 Å². The monoisotopic (exact) mass is 393 g/mol. The molecular formula is C22H23N3O4. The van der Waals surface area contributed by atoms with Crippen molar-refractivity contribution in [3.63, 3.8) is 0 Å². The molecule has 0 aliphatic carbocycles. The van der Waals surface area contributed by atoms with Gasteiger partial charge in [0.15, 0.2) is 6.10 Å². The number of methoxy groups -OCH3 is 1. The van der Waals surface area contributed by atoms with Crippen LogP contribution in [-0.4, -0.2) is 36.9 Å². The van der Waals surface area contributed by atoms with Crippen molar-refractivity contribution in [1.82, 2.24) is 10.4 Å². The van der Waals surface area contributed by atoms with E-state index in [2.05, 4.69) is 15.5 Å². The number of benzene rings is 2. The number of nitrogens with zero attached hydrogens (tertiary/aromatic N) is 2. The summed E-state index contributed by atoms with van der Waals surface area (Å²) >= 11 is 0. The van der Waals surface area contributed by atoms with Gasteiger partial charge in [-0.15, -0.1) is 0 Å². The molecule has 2 aromatic carbocycles. The summed E-state index contributed by atoms with van der Waals surface area (Å²) in [6, 6.07) is 14.8. The lowest BCUT2D eigenvalue weighted by Crippen LogP contribution is -2.33. The molecule has 7 heteroatoms. The average Bonchev–Trinajstić information content (AvgIpc) is 2.75. The molecule has 0 aliphatic rings. The predicted molar refractivity (Wildman–Crippen MR) is 112 cm³/mol. The molecule has 1 aromatic heterocycles. The zero-order chi connectivity index (χ0) is 20.6. The Bertz CT molecular complexity index is 1010. The second-order valence-corrected chi connectivity index (χ2v) is 6.16. The third-order valence-electron chi connectivity index (χ3n) is 4.16. The summed E-state index contributed by atoms with van der Waals surface area (Å²) < 4.78 is 16.6. The van der Waals surface area contributed by atoms with Gasteiger partial charge in [0, 0.05) is 17.1 Å². The zero-order valence-electron chi connectivity index (χ0n) is 16.6. The minimum atomic E-state index is -0.753. The van der Waals surface area contributed by atoms with Gasteiger partial charge < -0.3 is 14.2 Å². The third-order valence-corrected chi connectivity index (χ3v) is 4.16. The first-order valence-corrected chi connectivity index (χ1v) is 9.26. The van der Waals surface area contributed by atoms with Gasteiger partial charge in [-0.2, -0.15) is 5.10 Å². The molecule has 3 rings (SSSR count). The SMILES string of the molecule is CCOc1ccc(OC)cc1/C=N\NC(=O)[C@@H](C)Oc1cccc2cccnc12. The molecule has 0 bridgehead atoms. The van der Waals surface area contributed by atoms with E-state index in [1.807, 2.05) is 31.2 Å². The number of carbonyl (C=O) groups excluding carboxylic acids is 1. The Morgan fingerprint density at radius 2 is 2.03 bits per heavy atom. The van der Waals surface area contributed by atoms with E-state index in [0.717, 1.165) is 5.39 Å². The number of carbonyl (C=O) groups is 1. The summed E-state index contributed by atoms with van der Waals surface area (Å²) in [5.41, 5.74) is 3.89. The molecule has 3 aromatic rings. The van der Waals surface area contributed by atoms with E-state index in [4.69, 9.17) is 14.2 Å². The maximum atomic E-state index is 12.4. The van der Waals surface area contributed by atoms with Crippen LogP contribution in [0.2, 0.25) is 0 Å². The van der Waals surface area contributed by atoms with Gasteiger partial charge in [-0.25, -0.2) is 5.43 Å². The van der Waals surface area contributed by atoms with Gasteiger partial charge in [0.2, 0.25) is 0 Å². The number of rotatable bonds is 8. The van der Waals surface area contributed by atoms with Crippen molar-refractivity contribution in [2.45, 2.75) is 20.0 Å². The first-order valence-electron chi connectivity index (χ1n) is 9.26. The van der Waals surface area contributed by atoms with E-state index in [1.54, 1.807) is 44.5 Å². The molecule has 1 N–H and O–H groups in total. The molecule has 0 spiro atoms. The topological polar surface area (TPSA) is 82.0 Å². The van der Waals surface area contributed by atoms with Crippen molar-refractivity contribution in [2.24, 2.45) is 5.10 Å². The summed E-state index contributed by atoms with van der Waals surface area (Å²) in [5, 5.41) is 4.97. The summed E-state index contributed by atoms with van der Waals surface area (Å²) in [6.07, 6.45) is 2.45. The maximum absolute atomic E-state index is 12.4. The van der Waals surface area contributed by atoms with Crippen LogP contribution in [0.4, 0.5) is 0 Å². The number of fused-ring (bicyclic) bond motifs is 1. The Balaban J connectivity index is 1.67. The summed E-state index contributed by atoms with van der Waals surface area (Å²) in [5.74, 6) is 1.48. The average molecular weight is 393 g/mol. The largest absolute Gasteiger partial charge is 0.497 e. The number of para-hydroxylation sites is 1. The highest BCUT2D eigenvalue weighted by molar-refractivity contribution is 5.88. The fraction of sp³-hybridized carbons (Fsp3) is 0.227. The van der Waals surface area contributed by atoms with Crippen LogP contribution in [0, 0.1) is 0 Å². The van der Waals surface area contributed by atoms with Gasteiger partial charge in [-0.3, -0.25) is 9.78 Å². The van der Waals surface area contributed by atoms with Crippen LogP contribution in [0.5, 0.6) is 17.2 Å². The summed E-state index contributed by atoms with van der Waals surface area (Å²) in [4.78, 5) is 16.7. The molecule has 1 heterocycles. The lowest BCUT2D eigenvalue weighted by molar-refractivity contribution is -0.127. The molecule has 0 radical (unpaired) electrons.